The highest BCUT2D eigenvalue weighted by Crippen LogP contribution is 2.39. The van der Waals surface area contributed by atoms with Crippen LogP contribution in [0, 0.1) is 5.41 Å². The molecule has 138 valence electrons. The van der Waals surface area contributed by atoms with E-state index in [9.17, 15) is 4.79 Å². The molecule has 0 unspecified atom stereocenters. The maximum atomic E-state index is 12.6. The summed E-state index contributed by atoms with van der Waals surface area (Å²) < 4.78 is 6.57. The Morgan fingerprint density at radius 2 is 1.88 bits per heavy atom. The minimum Gasteiger partial charge on any atom is -0.486 e. The number of benzene rings is 1. The summed E-state index contributed by atoms with van der Waals surface area (Å²) in [6, 6.07) is 8.71. The molecule has 25 heavy (non-hydrogen) atoms. The van der Waals surface area contributed by atoms with Crippen molar-refractivity contribution in [1.82, 2.24) is 9.80 Å². The van der Waals surface area contributed by atoms with E-state index in [4.69, 9.17) is 4.74 Å². The van der Waals surface area contributed by atoms with Gasteiger partial charge in [-0.2, -0.15) is 0 Å². The standard InChI is InChI=1S/C21H32N2O2/c1-20(2,3)19(24)23(5)17-10-12-21(13-11-17)15-22(4)14-16-8-6-7-9-18(16)25-21/h6-9,17H,10-15H2,1-5H3. The van der Waals surface area contributed by atoms with Gasteiger partial charge in [-0.25, -0.2) is 0 Å². The van der Waals surface area contributed by atoms with Crippen LogP contribution in [0.15, 0.2) is 24.3 Å². The fourth-order valence-electron chi connectivity index (χ4n) is 4.31. The SMILES string of the molecule is CN1Cc2ccccc2OC2(CCC(N(C)C(=O)C(C)(C)C)CC2)C1. The molecule has 1 spiro atoms. The van der Waals surface area contributed by atoms with Crippen LogP contribution in [0.25, 0.3) is 0 Å². The van der Waals surface area contributed by atoms with Crippen LogP contribution in [0.5, 0.6) is 5.75 Å². The molecule has 1 amide bonds. The molecule has 0 N–H and O–H groups in total. The van der Waals surface area contributed by atoms with Crippen molar-refractivity contribution < 1.29 is 9.53 Å². The number of nitrogens with zero attached hydrogens (tertiary/aromatic N) is 2. The summed E-state index contributed by atoms with van der Waals surface area (Å²) in [6.45, 7) is 7.87. The maximum absolute atomic E-state index is 12.6. The van der Waals surface area contributed by atoms with E-state index in [-0.39, 0.29) is 16.9 Å². The predicted octanol–water partition coefficient (Wildman–Crippen LogP) is 3.70. The summed E-state index contributed by atoms with van der Waals surface area (Å²) >= 11 is 0. The third-order valence-electron chi connectivity index (χ3n) is 5.67. The number of para-hydroxylation sites is 1. The largest absolute Gasteiger partial charge is 0.486 e. The molecule has 0 radical (unpaired) electrons. The number of fused-ring (bicyclic) bond motifs is 1. The van der Waals surface area contributed by atoms with Crippen molar-refractivity contribution in [2.75, 3.05) is 20.6 Å². The highest BCUT2D eigenvalue weighted by molar-refractivity contribution is 5.81. The molecule has 1 aromatic rings. The first-order chi connectivity index (χ1) is 11.7. The number of ether oxygens (including phenoxy) is 1. The van der Waals surface area contributed by atoms with Gasteiger partial charge in [-0.3, -0.25) is 9.69 Å². The van der Waals surface area contributed by atoms with Crippen molar-refractivity contribution in [1.29, 1.82) is 0 Å². The second-order valence-corrected chi connectivity index (χ2v) is 8.96. The Labute approximate surface area is 152 Å². The predicted molar refractivity (Wildman–Crippen MR) is 101 cm³/mol. The van der Waals surface area contributed by atoms with E-state index in [1.165, 1.54) is 5.56 Å². The molecule has 0 bridgehead atoms. The van der Waals surface area contributed by atoms with Crippen molar-refractivity contribution in [3.8, 4) is 5.75 Å². The number of carbonyl (C=O) groups excluding carboxylic acids is 1. The van der Waals surface area contributed by atoms with Gasteiger partial charge in [0.1, 0.15) is 11.4 Å². The van der Waals surface area contributed by atoms with Gasteiger partial charge in [0.05, 0.1) is 0 Å². The number of carbonyl (C=O) groups is 1. The van der Waals surface area contributed by atoms with E-state index in [0.717, 1.165) is 44.5 Å². The summed E-state index contributed by atoms with van der Waals surface area (Å²) in [7, 11) is 4.14. The van der Waals surface area contributed by atoms with Gasteiger partial charge in [-0.15, -0.1) is 0 Å². The average molecular weight is 344 g/mol. The lowest BCUT2D eigenvalue weighted by molar-refractivity contribution is -0.142. The number of hydrogen-bond acceptors (Lipinski definition) is 3. The molecule has 1 aliphatic heterocycles. The van der Waals surface area contributed by atoms with Crippen LogP contribution in [0.1, 0.15) is 52.0 Å². The monoisotopic (exact) mass is 344 g/mol. The first-order valence-electron chi connectivity index (χ1n) is 9.43. The van der Waals surface area contributed by atoms with E-state index < -0.39 is 0 Å². The van der Waals surface area contributed by atoms with Gasteiger partial charge < -0.3 is 9.64 Å². The van der Waals surface area contributed by atoms with Crippen LogP contribution in [-0.4, -0.2) is 48.0 Å². The Morgan fingerprint density at radius 3 is 2.52 bits per heavy atom. The van der Waals surface area contributed by atoms with E-state index in [2.05, 4.69) is 36.2 Å². The van der Waals surface area contributed by atoms with E-state index in [0.29, 0.717) is 6.04 Å². The molecule has 2 aliphatic rings. The van der Waals surface area contributed by atoms with Crippen molar-refractivity contribution >= 4 is 5.91 Å². The van der Waals surface area contributed by atoms with Gasteiger partial charge in [-0.1, -0.05) is 39.0 Å². The highest BCUT2D eigenvalue weighted by atomic mass is 16.5. The van der Waals surface area contributed by atoms with E-state index in [1.807, 2.05) is 32.7 Å². The first-order valence-corrected chi connectivity index (χ1v) is 9.43. The molecule has 0 aromatic heterocycles. The fourth-order valence-corrected chi connectivity index (χ4v) is 4.31. The zero-order chi connectivity index (χ0) is 18.2. The summed E-state index contributed by atoms with van der Waals surface area (Å²) in [5, 5.41) is 0. The van der Waals surface area contributed by atoms with Crippen molar-refractivity contribution in [3.05, 3.63) is 29.8 Å². The zero-order valence-electron chi connectivity index (χ0n) is 16.3. The Hall–Kier alpha value is -1.55. The molecule has 4 nitrogen and oxygen atoms in total. The number of hydrogen-bond donors (Lipinski definition) is 0. The van der Waals surface area contributed by atoms with Gasteiger partial charge in [-0.05, 0) is 38.8 Å². The summed E-state index contributed by atoms with van der Waals surface area (Å²) in [4.78, 5) is 16.9. The van der Waals surface area contributed by atoms with Gasteiger partial charge in [0, 0.05) is 37.2 Å². The molecule has 1 fully saturated rings. The van der Waals surface area contributed by atoms with Crippen molar-refractivity contribution in [2.45, 2.75) is 64.6 Å². The van der Waals surface area contributed by atoms with Crippen LogP contribution in [0.4, 0.5) is 0 Å². The molecular formula is C21H32N2O2. The zero-order valence-corrected chi connectivity index (χ0v) is 16.3. The molecular weight excluding hydrogens is 312 g/mol. The third-order valence-corrected chi connectivity index (χ3v) is 5.67. The van der Waals surface area contributed by atoms with Gasteiger partial charge in [0.25, 0.3) is 0 Å². The van der Waals surface area contributed by atoms with Gasteiger partial charge in [0.2, 0.25) is 5.91 Å². The van der Waals surface area contributed by atoms with Crippen LogP contribution in [-0.2, 0) is 11.3 Å². The average Bonchev–Trinajstić information content (AvgIpc) is 2.68. The van der Waals surface area contributed by atoms with Gasteiger partial charge >= 0.3 is 0 Å². The Morgan fingerprint density at radius 1 is 1.24 bits per heavy atom. The van der Waals surface area contributed by atoms with Crippen LogP contribution in [0.3, 0.4) is 0 Å². The molecule has 0 saturated heterocycles. The quantitative estimate of drug-likeness (QED) is 0.779. The molecule has 1 saturated carbocycles. The number of likely N-dealkylation sites (N-methyl/N-ethyl adjacent to an activating group) is 1. The lowest BCUT2D eigenvalue weighted by Gasteiger charge is -2.44. The normalized spacial score (nSPS) is 27.3. The second kappa shape index (κ2) is 6.64. The van der Waals surface area contributed by atoms with Crippen LogP contribution >= 0.6 is 0 Å². The molecule has 4 heteroatoms. The van der Waals surface area contributed by atoms with Crippen LogP contribution < -0.4 is 4.74 Å². The summed E-state index contributed by atoms with van der Waals surface area (Å²) in [6.07, 6.45) is 4.01. The molecule has 1 heterocycles. The molecule has 1 aromatic carbocycles. The van der Waals surface area contributed by atoms with Crippen LogP contribution in [0.2, 0.25) is 0 Å². The Kier molecular flexibility index (Phi) is 4.84. The molecule has 3 rings (SSSR count). The maximum Gasteiger partial charge on any atom is 0.227 e. The molecule has 1 aliphatic carbocycles. The lowest BCUT2D eigenvalue weighted by atomic mass is 9.80. The minimum absolute atomic E-state index is 0.122. The second-order valence-electron chi connectivity index (χ2n) is 8.96. The topological polar surface area (TPSA) is 32.8 Å². The highest BCUT2D eigenvalue weighted by Gasteiger charge is 2.42. The van der Waals surface area contributed by atoms with E-state index >= 15 is 0 Å². The minimum atomic E-state index is -0.318. The lowest BCUT2D eigenvalue weighted by Crippen LogP contribution is -2.52. The summed E-state index contributed by atoms with van der Waals surface area (Å²) in [5.74, 6) is 1.27. The third kappa shape index (κ3) is 3.84. The Bertz CT molecular complexity index is 627. The van der Waals surface area contributed by atoms with Crippen molar-refractivity contribution in [2.24, 2.45) is 5.41 Å². The fraction of sp³-hybridized carbons (Fsp3) is 0.667. The smallest absolute Gasteiger partial charge is 0.227 e. The molecule has 0 atom stereocenters. The van der Waals surface area contributed by atoms with Crippen molar-refractivity contribution in [3.63, 3.8) is 0 Å². The first kappa shape index (κ1) is 18.2. The summed E-state index contributed by atoms with van der Waals surface area (Å²) in [5.41, 5.74) is 0.828. The number of rotatable bonds is 1. The Balaban J connectivity index is 1.71. The number of amides is 1. The van der Waals surface area contributed by atoms with E-state index in [1.54, 1.807) is 0 Å². The van der Waals surface area contributed by atoms with Gasteiger partial charge in [0.15, 0.2) is 0 Å².